The van der Waals surface area contributed by atoms with Crippen LogP contribution >= 0.6 is 11.6 Å². The topological polar surface area (TPSA) is 70.0 Å². The molecular formula is C11H11ClN4O2. The lowest BCUT2D eigenvalue weighted by Gasteiger charge is -2.05. The van der Waals surface area contributed by atoms with Crippen molar-refractivity contribution in [3.63, 3.8) is 0 Å². The van der Waals surface area contributed by atoms with Gasteiger partial charge in [0.25, 0.3) is 0 Å². The molecule has 0 aliphatic rings. The molecule has 0 spiro atoms. The summed E-state index contributed by atoms with van der Waals surface area (Å²) in [4.78, 5) is 15.6. The van der Waals surface area contributed by atoms with Crippen LogP contribution in [0.2, 0.25) is 5.28 Å². The lowest BCUT2D eigenvalue weighted by molar-refractivity contribution is 0.284. The average molecular weight is 267 g/mol. The van der Waals surface area contributed by atoms with Gasteiger partial charge in [-0.05, 0) is 30.2 Å². The minimum absolute atomic E-state index is 0.0231. The first-order valence-electron chi connectivity index (χ1n) is 5.40. The minimum Gasteiger partial charge on any atom is -0.463 e. The van der Waals surface area contributed by atoms with Gasteiger partial charge in [-0.3, -0.25) is 4.98 Å². The molecule has 94 valence electrons. The normalized spacial score (nSPS) is 10.1. The molecule has 0 aromatic carbocycles. The molecule has 0 amide bonds. The molecule has 0 saturated heterocycles. The van der Waals surface area contributed by atoms with Gasteiger partial charge in [0.05, 0.1) is 12.8 Å². The summed E-state index contributed by atoms with van der Waals surface area (Å²) in [5.74, 6) is 0.515. The summed E-state index contributed by atoms with van der Waals surface area (Å²) in [5.41, 5.74) is 0. The van der Waals surface area contributed by atoms with Gasteiger partial charge in [0.15, 0.2) is 0 Å². The zero-order chi connectivity index (χ0) is 12.8. The fraction of sp³-hybridized carbons (Fsp3) is 0.273. The Balaban J connectivity index is 2.15. The number of pyridine rings is 1. The molecule has 0 aliphatic heterocycles. The van der Waals surface area contributed by atoms with Crippen LogP contribution < -0.4 is 9.47 Å². The molecule has 2 aromatic rings. The van der Waals surface area contributed by atoms with E-state index in [1.165, 1.54) is 0 Å². The van der Waals surface area contributed by atoms with E-state index in [4.69, 9.17) is 21.1 Å². The highest BCUT2D eigenvalue weighted by Gasteiger charge is 2.08. The summed E-state index contributed by atoms with van der Waals surface area (Å²) in [6.45, 7) is 2.49. The largest absolute Gasteiger partial charge is 0.463 e. The molecule has 0 N–H and O–H groups in total. The van der Waals surface area contributed by atoms with Gasteiger partial charge in [0.1, 0.15) is 5.75 Å². The summed E-state index contributed by atoms with van der Waals surface area (Å²) < 4.78 is 10.7. The van der Waals surface area contributed by atoms with E-state index in [1.54, 1.807) is 24.5 Å². The van der Waals surface area contributed by atoms with Crippen molar-refractivity contribution in [1.82, 2.24) is 19.9 Å². The Kier molecular flexibility index (Phi) is 4.25. The monoisotopic (exact) mass is 266 g/mol. The fourth-order valence-corrected chi connectivity index (χ4v) is 1.28. The highest BCUT2D eigenvalue weighted by atomic mass is 35.5. The Labute approximate surface area is 109 Å². The third-order valence-electron chi connectivity index (χ3n) is 1.85. The van der Waals surface area contributed by atoms with Crippen molar-refractivity contribution in [2.45, 2.75) is 13.3 Å². The van der Waals surface area contributed by atoms with Crippen molar-refractivity contribution in [3.05, 3.63) is 29.8 Å². The van der Waals surface area contributed by atoms with E-state index in [1.807, 2.05) is 6.92 Å². The number of aromatic nitrogens is 4. The number of ether oxygens (including phenoxy) is 2. The molecule has 0 radical (unpaired) electrons. The average Bonchev–Trinajstić information content (AvgIpc) is 2.37. The smallest absolute Gasteiger partial charge is 0.329 e. The molecule has 2 rings (SSSR count). The maximum atomic E-state index is 5.76. The summed E-state index contributed by atoms with van der Waals surface area (Å²) in [7, 11) is 0. The number of rotatable bonds is 5. The molecule has 18 heavy (non-hydrogen) atoms. The number of hydrogen-bond donors (Lipinski definition) is 0. The molecule has 0 aliphatic carbocycles. The maximum absolute atomic E-state index is 5.76. The summed E-state index contributed by atoms with van der Waals surface area (Å²) in [6.07, 6.45) is 4.04. The van der Waals surface area contributed by atoms with E-state index in [2.05, 4.69) is 19.9 Å². The van der Waals surface area contributed by atoms with Crippen molar-refractivity contribution in [1.29, 1.82) is 0 Å². The van der Waals surface area contributed by atoms with E-state index in [0.717, 1.165) is 6.42 Å². The third kappa shape index (κ3) is 3.53. The van der Waals surface area contributed by atoms with Crippen molar-refractivity contribution in [3.8, 4) is 17.8 Å². The Bertz CT molecular complexity index is 510. The van der Waals surface area contributed by atoms with Crippen LogP contribution in [0.3, 0.4) is 0 Å². The third-order valence-corrected chi connectivity index (χ3v) is 2.01. The Morgan fingerprint density at radius 1 is 1.22 bits per heavy atom. The summed E-state index contributed by atoms with van der Waals surface area (Å²) in [6, 6.07) is 3.70. The van der Waals surface area contributed by atoms with Crippen LogP contribution in [-0.4, -0.2) is 26.5 Å². The predicted octanol–water partition coefficient (Wildman–Crippen LogP) is 2.50. The van der Waals surface area contributed by atoms with Crippen LogP contribution in [0.5, 0.6) is 17.8 Å². The van der Waals surface area contributed by atoms with Crippen LogP contribution in [0.25, 0.3) is 0 Å². The van der Waals surface area contributed by atoms with Crippen LogP contribution in [0, 0.1) is 0 Å². The van der Waals surface area contributed by atoms with Gasteiger partial charge in [-0.15, -0.1) is 4.98 Å². The Morgan fingerprint density at radius 3 is 2.78 bits per heavy atom. The molecule has 6 nitrogen and oxygen atoms in total. The van der Waals surface area contributed by atoms with Crippen LogP contribution in [-0.2, 0) is 0 Å². The van der Waals surface area contributed by atoms with Gasteiger partial charge < -0.3 is 9.47 Å². The van der Waals surface area contributed by atoms with Crippen molar-refractivity contribution in [2.24, 2.45) is 0 Å². The van der Waals surface area contributed by atoms with Gasteiger partial charge in [-0.1, -0.05) is 6.92 Å². The Morgan fingerprint density at radius 2 is 2.06 bits per heavy atom. The van der Waals surface area contributed by atoms with Crippen LogP contribution in [0.15, 0.2) is 24.5 Å². The first kappa shape index (κ1) is 12.5. The second-order valence-electron chi connectivity index (χ2n) is 3.31. The molecule has 0 atom stereocenters. The fourth-order valence-electron chi connectivity index (χ4n) is 1.13. The van der Waals surface area contributed by atoms with Gasteiger partial charge in [0, 0.05) is 6.20 Å². The van der Waals surface area contributed by atoms with E-state index < -0.39 is 0 Å². The minimum atomic E-state index is 0.0231. The lowest BCUT2D eigenvalue weighted by Crippen LogP contribution is -2.03. The highest BCUT2D eigenvalue weighted by molar-refractivity contribution is 6.28. The van der Waals surface area contributed by atoms with Crippen molar-refractivity contribution in [2.75, 3.05) is 6.61 Å². The number of nitrogens with zero attached hydrogens (tertiary/aromatic N) is 4. The quantitative estimate of drug-likeness (QED) is 0.828. The standard InChI is InChI=1S/C11H11ClN4O2/c1-2-6-17-10-14-9(12)15-11(16-10)18-8-4-3-5-13-7-8/h3-5,7H,2,6H2,1H3. The van der Waals surface area contributed by atoms with E-state index >= 15 is 0 Å². The van der Waals surface area contributed by atoms with Gasteiger partial charge in [-0.2, -0.15) is 9.97 Å². The lowest BCUT2D eigenvalue weighted by atomic mass is 10.5. The van der Waals surface area contributed by atoms with Crippen LogP contribution in [0.4, 0.5) is 0 Å². The molecule has 2 aromatic heterocycles. The first-order chi connectivity index (χ1) is 8.78. The number of halogens is 1. The highest BCUT2D eigenvalue weighted by Crippen LogP contribution is 2.19. The summed E-state index contributed by atoms with van der Waals surface area (Å²) >= 11 is 5.76. The zero-order valence-electron chi connectivity index (χ0n) is 9.71. The number of hydrogen-bond acceptors (Lipinski definition) is 6. The summed E-state index contributed by atoms with van der Waals surface area (Å²) in [5, 5.41) is 0.0231. The molecule has 2 heterocycles. The molecule has 7 heteroatoms. The van der Waals surface area contributed by atoms with E-state index in [-0.39, 0.29) is 17.3 Å². The van der Waals surface area contributed by atoms with Crippen molar-refractivity contribution < 1.29 is 9.47 Å². The second-order valence-corrected chi connectivity index (χ2v) is 3.65. The zero-order valence-corrected chi connectivity index (χ0v) is 10.5. The van der Waals surface area contributed by atoms with Gasteiger partial charge in [0.2, 0.25) is 5.28 Å². The maximum Gasteiger partial charge on any atom is 0.329 e. The van der Waals surface area contributed by atoms with Crippen LogP contribution in [0.1, 0.15) is 13.3 Å². The van der Waals surface area contributed by atoms with Gasteiger partial charge in [-0.25, -0.2) is 0 Å². The van der Waals surface area contributed by atoms with Gasteiger partial charge >= 0.3 is 12.0 Å². The molecule has 0 unspecified atom stereocenters. The Hall–Kier alpha value is -1.95. The van der Waals surface area contributed by atoms with E-state index in [9.17, 15) is 0 Å². The second kappa shape index (κ2) is 6.11. The molecule has 0 bridgehead atoms. The molecule has 0 saturated carbocycles. The SMILES string of the molecule is CCCOc1nc(Cl)nc(Oc2cccnc2)n1. The molecule has 0 fully saturated rings. The molecular weight excluding hydrogens is 256 g/mol. The predicted molar refractivity (Wildman–Crippen MR) is 64.9 cm³/mol. The van der Waals surface area contributed by atoms with Crippen molar-refractivity contribution >= 4 is 11.6 Å². The first-order valence-corrected chi connectivity index (χ1v) is 5.78. The van der Waals surface area contributed by atoms with E-state index in [0.29, 0.717) is 12.4 Å².